The molecule has 6 atom stereocenters. The van der Waals surface area contributed by atoms with Gasteiger partial charge in [0.1, 0.15) is 29.9 Å². The molecule has 3 aromatic carbocycles. The molecule has 2 aliphatic rings. The fraction of sp³-hybridized carbons (Fsp3) is 0.385. The molecule has 1 N–H and O–H groups in total. The van der Waals surface area contributed by atoms with Crippen LogP contribution in [0.2, 0.25) is 0 Å². The topological polar surface area (TPSA) is 57.2 Å². The van der Waals surface area contributed by atoms with E-state index in [1.807, 2.05) is 42.5 Å². The molecule has 5 rings (SSSR count). The normalized spacial score (nSPS) is 30.2. The van der Waals surface area contributed by atoms with E-state index in [9.17, 15) is 5.11 Å². The van der Waals surface area contributed by atoms with Crippen LogP contribution in [-0.2, 0) is 25.6 Å². The lowest BCUT2D eigenvalue weighted by atomic mass is 9.98. The zero-order valence-electron chi connectivity index (χ0n) is 18.0. The molecule has 2 fully saturated rings. The Bertz CT molecular complexity index is 1030. The first-order valence-corrected chi connectivity index (χ1v) is 12.1. The Kier molecular flexibility index (Phi) is 6.78. The van der Waals surface area contributed by atoms with Crippen molar-refractivity contribution in [2.24, 2.45) is 0 Å². The number of fused-ring (bicyclic) bond motifs is 2. The van der Waals surface area contributed by atoms with Gasteiger partial charge in [-0.1, -0.05) is 73.7 Å². The van der Waals surface area contributed by atoms with Crippen molar-refractivity contribution in [3.8, 4) is 0 Å². The maximum absolute atomic E-state index is 11.3. The van der Waals surface area contributed by atoms with Crippen LogP contribution in [0.15, 0.2) is 72.8 Å². The number of hydrogen-bond acceptors (Lipinski definition) is 6. The average Bonchev–Trinajstić information content (AvgIpc) is 2.84. The van der Waals surface area contributed by atoms with Crippen molar-refractivity contribution in [1.29, 1.82) is 0 Å². The predicted octanol–water partition coefficient (Wildman–Crippen LogP) is 4.68. The van der Waals surface area contributed by atoms with Crippen LogP contribution in [0.3, 0.4) is 0 Å². The summed E-state index contributed by atoms with van der Waals surface area (Å²) in [6.45, 7) is 2.85. The van der Waals surface area contributed by atoms with Crippen LogP contribution in [0.1, 0.15) is 24.3 Å². The molecule has 3 aromatic rings. The number of aliphatic hydroxyl groups excluding tert-OH is 1. The summed E-state index contributed by atoms with van der Waals surface area (Å²) in [5.74, 6) is 0.860. The van der Waals surface area contributed by atoms with E-state index in [1.165, 1.54) is 10.8 Å². The molecule has 0 spiro atoms. The van der Waals surface area contributed by atoms with Gasteiger partial charge in [-0.3, -0.25) is 0 Å². The zero-order chi connectivity index (χ0) is 21.9. The molecule has 32 heavy (non-hydrogen) atoms. The minimum atomic E-state index is -0.812. The highest BCUT2D eigenvalue weighted by molar-refractivity contribution is 7.99. The van der Waals surface area contributed by atoms with E-state index in [4.69, 9.17) is 18.9 Å². The van der Waals surface area contributed by atoms with E-state index >= 15 is 0 Å². The largest absolute Gasteiger partial charge is 0.387 e. The summed E-state index contributed by atoms with van der Waals surface area (Å²) in [4.78, 5) is 0. The van der Waals surface area contributed by atoms with Crippen molar-refractivity contribution in [3.63, 3.8) is 0 Å². The number of rotatable bonds is 6. The minimum Gasteiger partial charge on any atom is -0.387 e. The summed E-state index contributed by atoms with van der Waals surface area (Å²) >= 11 is 1.64. The second-order valence-corrected chi connectivity index (χ2v) is 9.50. The highest BCUT2D eigenvalue weighted by Crippen LogP contribution is 2.38. The first kappa shape index (κ1) is 21.9. The minimum absolute atomic E-state index is 0.280. The number of ether oxygens (including phenoxy) is 4. The van der Waals surface area contributed by atoms with E-state index in [-0.39, 0.29) is 11.5 Å². The molecule has 168 valence electrons. The maximum atomic E-state index is 11.3. The summed E-state index contributed by atoms with van der Waals surface area (Å²) in [5.41, 5.74) is 1.71. The van der Waals surface area contributed by atoms with Crippen LogP contribution >= 0.6 is 11.8 Å². The Balaban J connectivity index is 1.31. The molecular weight excluding hydrogens is 424 g/mol. The number of aliphatic hydroxyl groups is 1. The van der Waals surface area contributed by atoms with Crippen LogP contribution in [0.25, 0.3) is 10.8 Å². The highest BCUT2D eigenvalue weighted by atomic mass is 32.2. The number of hydrogen-bond donors (Lipinski definition) is 1. The third kappa shape index (κ3) is 4.57. The van der Waals surface area contributed by atoms with Crippen molar-refractivity contribution in [2.75, 3.05) is 12.4 Å². The van der Waals surface area contributed by atoms with E-state index in [1.54, 1.807) is 11.8 Å². The molecule has 0 aromatic heterocycles. The van der Waals surface area contributed by atoms with Gasteiger partial charge in [-0.25, -0.2) is 0 Å². The van der Waals surface area contributed by atoms with Crippen LogP contribution in [0, 0.1) is 0 Å². The Labute approximate surface area is 192 Å². The summed E-state index contributed by atoms with van der Waals surface area (Å²) in [7, 11) is 0. The van der Waals surface area contributed by atoms with Crippen LogP contribution < -0.4 is 0 Å². The van der Waals surface area contributed by atoms with Crippen LogP contribution in [-0.4, -0.2) is 47.3 Å². The molecule has 2 aliphatic heterocycles. The second kappa shape index (κ2) is 9.91. The molecule has 6 heteroatoms. The quantitative estimate of drug-likeness (QED) is 0.586. The monoisotopic (exact) mass is 452 g/mol. The third-order valence-corrected chi connectivity index (χ3v) is 7.01. The Morgan fingerprint density at radius 1 is 0.969 bits per heavy atom. The fourth-order valence-corrected chi connectivity index (χ4v) is 5.32. The molecule has 0 radical (unpaired) electrons. The van der Waals surface area contributed by atoms with Gasteiger partial charge >= 0.3 is 0 Å². The molecule has 2 heterocycles. The van der Waals surface area contributed by atoms with Crippen LogP contribution in [0.4, 0.5) is 0 Å². The van der Waals surface area contributed by atoms with E-state index in [2.05, 4.69) is 37.3 Å². The lowest BCUT2D eigenvalue weighted by Gasteiger charge is -2.47. The maximum Gasteiger partial charge on any atom is 0.184 e. The van der Waals surface area contributed by atoms with Crippen molar-refractivity contribution in [2.45, 2.75) is 49.7 Å². The van der Waals surface area contributed by atoms with E-state index in [0.29, 0.717) is 13.2 Å². The lowest BCUT2D eigenvalue weighted by Crippen LogP contribution is -2.61. The summed E-state index contributed by atoms with van der Waals surface area (Å²) in [6, 6.07) is 24.3. The Morgan fingerprint density at radius 3 is 2.56 bits per heavy atom. The van der Waals surface area contributed by atoms with Crippen molar-refractivity contribution >= 4 is 22.5 Å². The van der Waals surface area contributed by atoms with Crippen molar-refractivity contribution in [3.05, 3.63) is 83.9 Å². The summed E-state index contributed by atoms with van der Waals surface area (Å²) in [6.07, 6.45) is -2.67. The standard InChI is InChI=1S/C26H28O5S/c1-2-32-26-24(28-15-17-12-13-18-8-6-7-11-20(18)14-17)22(27)23-21(30-26)16-29-25(31-23)19-9-4-3-5-10-19/h3-14,21-27H,2,15-16H2,1H3/t21-,22+,23-,24+,25?,26-/m1/s1. The molecule has 1 unspecified atom stereocenters. The predicted molar refractivity (Wildman–Crippen MR) is 125 cm³/mol. The first-order chi connectivity index (χ1) is 15.7. The van der Waals surface area contributed by atoms with Gasteiger partial charge in [-0.2, -0.15) is 0 Å². The molecule has 5 nitrogen and oxygen atoms in total. The molecule has 0 saturated carbocycles. The van der Waals surface area contributed by atoms with E-state index in [0.717, 1.165) is 16.9 Å². The second-order valence-electron chi connectivity index (χ2n) is 8.12. The van der Waals surface area contributed by atoms with Crippen molar-refractivity contribution in [1.82, 2.24) is 0 Å². The number of thioether (sulfide) groups is 1. The Hall–Kier alpha value is -1.93. The average molecular weight is 453 g/mol. The Morgan fingerprint density at radius 2 is 1.75 bits per heavy atom. The molecule has 2 saturated heterocycles. The van der Waals surface area contributed by atoms with Gasteiger partial charge in [0.15, 0.2) is 6.29 Å². The molecule has 0 bridgehead atoms. The third-order valence-electron chi connectivity index (χ3n) is 5.97. The van der Waals surface area contributed by atoms with Gasteiger partial charge in [0.05, 0.1) is 13.2 Å². The molecular formula is C26H28O5S. The molecule has 0 aliphatic carbocycles. The van der Waals surface area contributed by atoms with Gasteiger partial charge in [0, 0.05) is 5.56 Å². The first-order valence-electron chi connectivity index (χ1n) is 11.1. The summed E-state index contributed by atoms with van der Waals surface area (Å²) < 4.78 is 24.6. The van der Waals surface area contributed by atoms with Crippen molar-refractivity contribution < 1.29 is 24.1 Å². The smallest absolute Gasteiger partial charge is 0.184 e. The fourth-order valence-electron chi connectivity index (χ4n) is 4.34. The SMILES string of the molecule is CCS[C@H]1O[C@@H]2COC(c3ccccc3)O[C@H]2[C@H](O)[C@@H]1OCc1ccc2ccccc2c1. The zero-order valence-corrected chi connectivity index (χ0v) is 18.8. The van der Waals surface area contributed by atoms with Gasteiger partial charge in [0.25, 0.3) is 0 Å². The van der Waals surface area contributed by atoms with Gasteiger partial charge in [0.2, 0.25) is 0 Å². The van der Waals surface area contributed by atoms with Gasteiger partial charge in [-0.05, 0) is 28.2 Å². The van der Waals surface area contributed by atoms with E-state index < -0.39 is 24.6 Å². The van der Waals surface area contributed by atoms with Crippen LogP contribution in [0.5, 0.6) is 0 Å². The van der Waals surface area contributed by atoms with Gasteiger partial charge < -0.3 is 24.1 Å². The lowest BCUT2D eigenvalue weighted by molar-refractivity contribution is -0.322. The highest BCUT2D eigenvalue weighted by Gasteiger charge is 2.49. The summed E-state index contributed by atoms with van der Waals surface area (Å²) in [5, 5.41) is 13.6. The molecule has 0 amide bonds. The van der Waals surface area contributed by atoms with Gasteiger partial charge in [-0.15, -0.1) is 11.8 Å². The number of benzene rings is 3.